The normalized spacial score (nSPS) is 13.9. The molecule has 6 heteroatoms. The van der Waals surface area contributed by atoms with E-state index in [-0.39, 0.29) is 0 Å². The predicted molar refractivity (Wildman–Crippen MR) is 92.3 cm³/mol. The van der Waals surface area contributed by atoms with Gasteiger partial charge in [0, 0.05) is 42.7 Å². The van der Waals surface area contributed by atoms with Gasteiger partial charge in [-0.2, -0.15) is 0 Å². The molecule has 1 aromatic carbocycles. The molecule has 0 radical (unpaired) electrons. The molecule has 0 atom stereocenters. The minimum absolute atomic E-state index is 0.323. The highest BCUT2D eigenvalue weighted by Crippen LogP contribution is 2.35. The fourth-order valence-electron chi connectivity index (χ4n) is 3.19. The summed E-state index contributed by atoms with van der Waals surface area (Å²) in [7, 11) is -3.19. The molecule has 0 saturated heterocycles. The minimum Gasteiger partial charge on any atom is -0.327 e. The second-order valence-electron chi connectivity index (χ2n) is 6.01. The number of nitrogens with zero attached hydrogens (tertiary/aromatic N) is 3. The number of fused-ring (bicyclic) bond motifs is 1. The Kier molecular flexibility index (Phi) is 3.49. The summed E-state index contributed by atoms with van der Waals surface area (Å²) in [4.78, 5) is 9.24. The fourth-order valence-corrected chi connectivity index (χ4v) is 3.82. The molecule has 0 amide bonds. The SMILES string of the molecule is CS(=O)(=O)c1ccc(-c2nc3n(c2-c2ccncc2)CCC3)cc1. The number of hydrogen-bond acceptors (Lipinski definition) is 4. The number of benzene rings is 1. The van der Waals surface area contributed by atoms with Gasteiger partial charge in [-0.3, -0.25) is 4.98 Å². The zero-order valence-electron chi connectivity index (χ0n) is 13.3. The Morgan fingerprint density at radius 1 is 1.00 bits per heavy atom. The molecule has 122 valence electrons. The van der Waals surface area contributed by atoms with E-state index in [0.717, 1.165) is 47.7 Å². The van der Waals surface area contributed by atoms with Gasteiger partial charge in [0.2, 0.25) is 0 Å². The summed E-state index contributed by atoms with van der Waals surface area (Å²) in [6, 6.07) is 10.9. The first-order chi connectivity index (χ1) is 11.5. The van der Waals surface area contributed by atoms with Crippen molar-refractivity contribution in [3.05, 3.63) is 54.6 Å². The van der Waals surface area contributed by atoms with E-state index in [1.807, 2.05) is 24.3 Å². The molecule has 2 aromatic heterocycles. The number of pyridine rings is 1. The van der Waals surface area contributed by atoms with Crippen molar-refractivity contribution >= 4 is 9.84 Å². The van der Waals surface area contributed by atoms with E-state index >= 15 is 0 Å². The number of imidazole rings is 1. The Morgan fingerprint density at radius 3 is 2.38 bits per heavy atom. The van der Waals surface area contributed by atoms with Gasteiger partial charge in [0.25, 0.3) is 0 Å². The van der Waals surface area contributed by atoms with Gasteiger partial charge in [-0.1, -0.05) is 12.1 Å². The molecule has 4 rings (SSSR count). The molecule has 0 saturated carbocycles. The van der Waals surface area contributed by atoms with E-state index in [4.69, 9.17) is 4.98 Å². The highest BCUT2D eigenvalue weighted by molar-refractivity contribution is 7.90. The average molecular weight is 339 g/mol. The van der Waals surface area contributed by atoms with Gasteiger partial charge in [0.05, 0.1) is 16.3 Å². The summed E-state index contributed by atoms with van der Waals surface area (Å²) in [5.41, 5.74) is 3.98. The van der Waals surface area contributed by atoms with E-state index in [9.17, 15) is 8.42 Å². The van der Waals surface area contributed by atoms with Gasteiger partial charge < -0.3 is 4.57 Å². The molecule has 0 fully saturated rings. The molecule has 24 heavy (non-hydrogen) atoms. The maximum absolute atomic E-state index is 11.7. The molecule has 0 spiro atoms. The van der Waals surface area contributed by atoms with Crippen molar-refractivity contribution < 1.29 is 8.42 Å². The molecule has 0 bridgehead atoms. The van der Waals surface area contributed by atoms with E-state index in [0.29, 0.717) is 4.90 Å². The third-order valence-electron chi connectivity index (χ3n) is 4.34. The van der Waals surface area contributed by atoms with Crippen LogP contribution in [-0.4, -0.2) is 29.2 Å². The van der Waals surface area contributed by atoms with Crippen LogP contribution in [-0.2, 0) is 22.8 Å². The van der Waals surface area contributed by atoms with E-state index < -0.39 is 9.84 Å². The largest absolute Gasteiger partial charge is 0.327 e. The lowest BCUT2D eigenvalue weighted by Gasteiger charge is -2.08. The first-order valence-electron chi connectivity index (χ1n) is 7.84. The van der Waals surface area contributed by atoms with Crippen molar-refractivity contribution in [3.63, 3.8) is 0 Å². The van der Waals surface area contributed by atoms with Crippen LogP contribution in [0.25, 0.3) is 22.5 Å². The zero-order chi connectivity index (χ0) is 16.7. The molecule has 0 unspecified atom stereocenters. The first-order valence-corrected chi connectivity index (χ1v) is 9.73. The van der Waals surface area contributed by atoms with Crippen molar-refractivity contribution in [1.29, 1.82) is 0 Å². The first kappa shape index (κ1) is 15.1. The summed E-state index contributed by atoms with van der Waals surface area (Å²) in [6.45, 7) is 0.960. The van der Waals surface area contributed by atoms with Crippen LogP contribution >= 0.6 is 0 Å². The monoisotopic (exact) mass is 339 g/mol. The molecule has 3 heterocycles. The van der Waals surface area contributed by atoms with E-state index in [1.54, 1.807) is 24.5 Å². The van der Waals surface area contributed by atoms with Crippen LogP contribution < -0.4 is 0 Å². The lowest BCUT2D eigenvalue weighted by Crippen LogP contribution is -1.97. The topological polar surface area (TPSA) is 64.8 Å². The van der Waals surface area contributed by atoms with Gasteiger partial charge >= 0.3 is 0 Å². The molecule has 0 N–H and O–H groups in total. The molecule has 5 nitrogen and oxygen atoms in total. The maximum atomic E-state index is 11.7. The fraction of sp³-hybridized carbons (Fsp3) is 0.222. The van der Waals surface area contributed by atoms with Crippen molar-refractivity contribution in [1.82, 2.24) is 14.5 Å². The Hall–Kier alpha value is -2.47. The molecule has 1 aliphatic heterocycles. The average Bonchev–Trinajstić information content (AvgIpc) is 3.15. The lowest BCUT2D eigenvalue weighted by atomic mass is 10.1. The van der Waals surface area contributed by atoms with Crippen molar-refractivity contribution in [2.45, 2.75) is 24.3 Å². The summed E-state index contributed by atoms with van der Waals surface area (Å²) in [6.07, 6.45) is 6.85. The summed E-state index contributed by atoms with van der Waals surface area (Å²) < 4.78 is 25.6. The van der Waals surface area contributed by atoms with Gasteiger partial charge in [-0.05, 0) is 30.7 Å². The molecule has 1 aliphatic rings. The van der Waals surface area contributed by atoms with Crippen molar-refractivity contribution in [2.24, 2.45) is 0 Å². The Bertz CT molecular complexity index is 991. The lowest BCUT2D eigenvalue weighted by molar-refractivity contribution is 0.602. The van der Waals surface area contributed by atoms with Crippen LogP contribution in [0.3, 0.4) is 0 Å². The van der Waals surface area contributed by atoms with Crippen LogP contribution in [0, 0.1) is 0 Å². The van der Waals surface area contributed by atoms with Crippen molar-refractivity contribution in [2.75, 3.05) is 6.26 Å². The summed E-state index contributed by atoms with van der Waals surface area (Å²) >= 11 is 0. The summed E-state index contributed by atoms with van der Waals surface area (Å²) in [5, 5.41) is 0. The molecular weight excluding hydrogens is 322 g/mol. The van der Waals surface area contributed by atoms with Gasteiger partial charge in [0.1, 0.15) is 5.82 Å². The molecule has 3 aromatic rings. The van der Waals surface area contributed by atoms with E-state index in [2.05, 4.69) is 9.55 Å². The molecule has 0 aliphatic carbocycles. The highest BCUT2D eigenvalue weighted by Gasteiger charge is 2.23. The van der Waals surface area contributed by atoms with Gasteiger partial charge in [0.15, 0.2) is 9.84 Å². The standard InChI is InChI=1S/C18H17N3O2S/c1-24(22,23)15-6-4-13(5-7-15)17-18(14-8-10-19-11-9-14)21-12-2-3-16(21)20-17/h4-11H,2-3,12H2,1H3. The summed E-state index contributed by atoms with van der Waals surface area (Å²) in [5.74, 6) is 1.09. The number of hydrogen-bond donors (Lipinski definition) is 0. The van der Waals surface area contributed by atoms with Gasteiger partial charge in [-0.15, -0.1) is 0 Å². The smallest absolute Gasteiger partial charge is 0.175 e. The maximum Gasteiger partial charge on any atom is 0.175 e. The number of aromatic nitrogens is 3. The van der Waals surface area contributed by atoms with Crippen LogP contribution in [0.5, 0.6) is 0 Å². The number of rotatable bonds is 3. The second kappa shape index (κ2) is 5.56. The van der Waals surface area contributed by atoms with Crippen LogP contribution in [0.15, 0.2) is 53.7 Å². The van der Waals surface area contributed by atoms with Crippen LogP contribution in [0.1, 0.15) is 12.2 Å². The van der Waals surface area contributed by atoms with Crippen molar-refractivity contribution in [3.8, 4) is 22.5 Å². The Labute approximate surface area is 140 Å². The Morgan fingerprint density at radius 2 is 1.71 bits per heavy atom. The van der Waals surface area contributed by atoms with Gasteiger partial charge in [-0.25, -0.2) is 13.4 Å². The highest BCUT2D eigenvalue weighted by atomic mass is 32.2. The third-order valence-corrected chi connectivity index (χ3v) is 5.47. The minimum atomic E-state index is -3.19. The predicted octanol–water partition coefficient (Wildman–Crippen LogP) is 2.96. The van der Waals surface area contributed by atoms with E-state index in [1.165, 1.54) is 6.26 Å². The zero-order valence-corrected chi connectivity index (χ0v) is 14.1. The number of aryl methyl sites for hydroxylation is 1. The van der Waals surface area contributed by atoms with Crippen LogP contribution in [0.2, 0.25) is 0 Å². The second-order valence-corrected chi connectivity index (χ2v) is 8.03. The number of sulfone groups is 1. The Balaban J connectivity index is 1.87. The van der Waals surface area contributed by atoms with Crippen LogP contribution in [0.4, 0.5) is 0 Å². The quantitative estimate of drug-likeness (QED) is 0.736. The third kappa shape index (κ3) is 2.53. The molecular formula is C18H17N3O2S.